The van der Waals surface area contributed by atoms with Crippen molar-refractivity contribution in [3.63, 3.8) is 0 Å². The van der Waals surface area contributed by atoms with Crippen molar-refractivity contribution in [2.24, 2.45) is 0 Å². The van der Waals surface area contributed by atoms with Gasteiger partial charge < -0.3 is 10.0 Å². The minimum absolute atomic E-state index is 0.505. The van der Waals surface area contributed by atoms with Gasteiger partial charge >= 0.3 is 5.97 Å². The van der Waals surface area contributed by atoms with Crippen LogP contribution < -0.4 is 0 Å². The second-order valence-electron chi connectivity index (χ2n) is 2.88. The lowest BCUT2D eigenvalue weighted by Gasteiger charge is -2.17. The summed E-state index contributed by atoms with van der Waals surface area (Å²) < 4.78 is 0. The van der Waals surface area contributed by atoms with Gasteiger partial charge in [-0.25, -0.2) is 4.79 Å². The molecule has 1 atom stereocenters. The molecule has 0 spiro atoms. The van der Waals surface area contributed by atoms with E-state index in [1.807, 2.05) is 0 Å². The predicted octanol–water partition coefficient (Wildman–Crippen LogP) is 1.07. The maximum atomic E-state index is 10.1. The van der Waals surface area contributed by atoms with Crippen LogP contribution in [0.15, 0.2) is 12.3 Å². The molecule has 0 aromatic carbocycles. The van der Waals surface area contributed by atoms with Gasteiger partial charge in [-0.3, -0.25) is 0 Å². The Bertz CT molecular complexity index is 177. The van der Waals surface area contributed by atoms with Crippen molar-refractivity contribution >= 4 is 5.97 Å². The number of nitrogens with zero attached hydrogens (tertiary/aromatic N) is 1. The highest BCUT2D eigenvalue weighted by molar-refractivity contribution is 5.79. The zero-order chi connectivity index (χ0) is 8.27. The molecule has 1 rings (SSSR count). The normalized spacial score (nSPS) is 24.8. The number of aliphatic carboxylic acids is 1. The number of rotatable bonds is 2. The summed E-state index contributed by atoms with van der Waals surface area (Å²) in [4.78, 5) is 12.2. The summed E-state index contributed by atoms with van der Waals surface area (Å²) >= 11 is 0. The van der Waals surface area contributed by atoms with Crippen LogP contribution in [-0.2, 0) is 4.79 Å². The van der Waals surface area contributed by atoms with Gasteiger partial charge in [0.2, 0.25) is 0 Å². The minimum atomic E-state index is -0.871. The molecule has 0 aliphatic carbocycles. The number of likely N-dealkylation sites (tertiary alicyclic amines) is 1. The molecule has 11 heavy (non-hydrogen) atoms. The molecule has 62 valence electrons. The van der Waals surface area contributed by atoms with E-state index in [4.69, 9.17) is 5.11 Å². The molecule has 1 heterocycles. The van der Waals surface area contributed by atoms with Crippen LogP contribution in [0.1, 0.15) is 19.8 Å². The molecule has 0 radical (unpaired) electrons. The lowest BCUT2D eigenvalue weighted by atomic mass is 10.2. The molecular formula is C8H13NO2. The maximum absolute atomic E-state index is 10.1. The van der Waals surface area contributed by atoms with Crippen LogP contribution in [0.4, 0.5) is 0 Å². The van der Waals surface area contributed by atoms with Crippen LogP contribution in [0.3, 0.4) is 0 Å². The molecule has 3 nitrogen and oxygen atoms in total. The third-order valence-electron chi connectivity index (χ3n) is 2.01. The maximum Gasteiger partial charge on any atom is 0.329 e. The second-order valence-corrected chi connectivity index (χ2v) is 2.88. The van der Waals surface area contributed by atoms with Crippen molar-refractivity contribution in [3.05, 3.63) is 12.3 Å². The monoisotopic (exact) mass is 155 g/mol. The van der Waals surface area contributed by atoms with E-state index in [0.717, 1.165) is 6.54 Å². The summed E-state index contributed by atoms with van der Waals surface area (Å²) in [6.45, 7) is 3.10. The number of carboxylic acid groups (broad SMARTS) is 1. The van der Waals surface area contributed by atoms with Crippen molar-refractivity contribution < 1.29 is 9.90 Å². The average Bonchev–Trinajstić information content (AvgIpc) is 2.31. The van der Waals surface area contributed by atoms with Gasteiger partial charge in [-0.05, 0) is 19.8 Å². The van der Waals surface area contributed by atoms with Crippen molar-refractivity contribution in [2.75, 3.05) is 6.54 Å². The fourth-order valence-corrected chi connectivity index (χ4v) is 1.34. The predicted molar refractivity (Wildman–Crippen MR) is 42.2 cm³/mol. The lowest BCUT2D eigenvalue weighted by molar-refractivity contribution is -0.131. The van der Waals surface area contributed by atoms with Crippen LogP contribution in [0.2, 0.25) is 0 Å². The number of hydrogen-bond donors (Lipinski definition) is 1. The molecule has 1 saturated heterocycles. The van der Waals surface area contributed by atoms with Crippen molar-refractivity contribution in [1.29, 1.82) is 0 Å². The molecule has 1 fully saturated rings. The highest BCUT2D eigenvalue weighted by Crippen LogP contribution is 2.15. The third-order valence-corrected chi connectivity index (χ3v) is 2.01. The zero-order valence-corrected chi connectivity index (χ0v) is 6.66. The first-order chi connectivity index (χ1) is 5.20. The van der Waals surface area contributed by atoms with Crippen LogP contribution in [0, 0.1) is 0 Å². The van der Waals surface area contributed by atoms with Crippen molar-refractivity contribution in [1.82, 2.24) is 4.90 Å². The Hall–Kier alpha value is -0.990. The third kappa shape index (κ3) is 2.26. The fourth-order valence-electron chi connectivity index (χ4n) is 1.34. The van der Waals surface area contributed by atoms with E-state index in [9.17, 15) is 4.79 Å². The Labute approximate surface area is 66.3 Å². The number of carbonyl (C=O) groups is 1. The zero-order valence-electron chi connectivity index (χ0n) is 6.66. The van der Waals surface area contributed by atoms with E-state index >= 15 is 0 Å². The quantitative estimate of drug-likeness (QED) is 0.606. The van der Waals surface area contributed by atoms with E-state index in [2.05, 4.69) is 11.8 Å². The van der Waals surface area contributed by atoms with Crippen molar-refractivity contribution in [3.8, 4) is 0 Å². The van der Waals surface area contributed by atoms with Crippen LogP contribution in [0.5, 0.6) is 0 Å². The Morgan fingerprint density at radius 3 is 2.91 bits per heavy atom. The highest BCUT2D eigenvalue weighted by Gasteiger charge is 2.16. The number of carboxylic acids is 1. The first-order valence-corrected chi connectivity index (χ1v) is 3.87. The van der Waals surface area contributed by atoms with E-state index in [1.165, 1.54) is 18.9 Å². The van der Waals surface area contributed by atoms with Crippen LogP contribution in [-0.4, -0.2) is 28.6 Å². The SMILES string of the molecule is CC1CCCN1C=CC(=O)O. The summed E-state index contributed by atoms with van der Waals surface area (Å²) in [5.74, 6) is -0.871. The molecular weight excluding hydrogens is 142 g/mol. The molecule has 3 heteroatoms. The van der Waals surface area contributed by atoms with E-state index in [0.29, 0.717) is 6.04 Å². The Morgan fingerprint density at radius 2 is 2.45 bits per heavy atom. The van der Waals surface area contributed by atoms with Gasteiger partial charge in [-0.15, -0.1) is 0 Å². The summed E-state index contributed by atoms with van der Waals surface area (Å²) in [5, 5.41) is 8.35. The van der Waals surface area contributed by atoms with E-state index in [1.54, 1.807) is 6.20 Å². The molecule has 1 N–H and O–H groups in total. The average molecular weight is 155 g/mol. The lowest BCUT2D eigenvalue weighted by Crippen LogP contribution is -2.20. The summed E-state index contributed by atoms with van der Waals surface area (Å²) in [5.41, 5.74) is 0. The molecule has 0 bridgehead atoms. The van der Waals surface area contributed by atoms with Gasteiger partial charge in [0.05, 0.1) is 0 Å². The Morgan fingerprint density at radius 1 is 1.73 bits per heavy atom. The van der Waals surface area contributed by atoms with Gasteiger partial charge in [-0.2, -0.15) is 0 Å². The molecule has 0 aromatic heterocycles. The topological polar surface area (TPSA) is 40.5 Å². The largest absolute Gasteiger partial charge is 0.478 e. The van der Waals surface area contributed by atoms with Gasteiger partial charge in [0.1, 0.15) is 0 Å². The smallest absolute Gasteiger partial charge is 0.329 e. The first-order valence-electron chi connectivity index (χ1n) is 3.87. The number of hydrogen-bond acceptors (Lipinski definition) is 2. The van der Waals surface area contributed by atoms with E-state index < -0.39 is 5.97 Å². The fraction of sp³-hybridized carbons (Fsp3) is 0.625. The van der Waals surface area contributed by atoms with Gasteiger partial charge in [0, 0.05) is 24.9 Å². The van der Waals surface area contributed by atoms with Crippen molar-refractivity contribution in [2.45, 2.75) is 25.8 Å². The van der Waals surface area contributed by atoms with Gasteiger partial charge in [0.15, 0.2) is 0 Å². The Kier molecular flexibility index (Phi) is 2.52. The van der Waals surface area contributed by atoms with Gasteiger partial charge in [-0.1, -0.05) is 0 Å². The van der Waals surface area contributed by atoms with E-state index in [-0.39, 0.29) is 0 Å². The molecule has 0 amide bonds. The first kappa shape index (κ1) is 8.11. The second kappa shape index (κ2) is 3.42. The van der Waals surface area contributed by atoms with Crippen LogP contribution in [0.25, 0.3) is 0 Å². The molecule has 1 aliphatic heterocycles. The van der Waals surface area contributed by atoms with Gasteiger partial charge in [0.25, 0.3) is 0 Å². The Balaban J connectivity index is 2.42. The molecule has 1 aliphatic rings. The highest BCUT2D eigenvalue weighted by atomic mass is 16.4. The molecule has 1 unspecified atom stereocenters. The molecule has 0 saturated carbocycles. The molecule has 0 aromatic rings. The standard InChI is InChI=1S/C8H13NO2/c1-7-3-2-5-9(7)6-4-8(10)11/h4,6-7H,2-3,5H2,1H3,(H,10,11). The van der Waals surface area contributed by atoms with Crippen LogP contribution >= 0.6 is 0 Å². The summed E-state index contributed by atoms with van der Waals surface area (Å²) in [7, 11) is 0. The summed E-state index contributed by atoms with van der Waals surface area (Å²) in [6, 6.07) is 0.505. The minimum Gasteiger partial charge on any atom is -0.478 e. The summed E-state index contributed by atoms with van der Waals surface area (Å²) in [6.07, 6.45) is 5.21.